The van der Waals surface area contributed by atoms with Gasteiger partial charge in [0.2, 0.25) is 0 Å². The van der Waals surface area contributed by atoms with Crippen LogP contribution in [0.5, 0.6) is 0 Å². The van der Waals surface area contributed by atoms with E-state index >= 15 is 0 Å². The zero-order valence-electron chi connectivity index (χ0n) is 9.26. The predicted molar refractivity (Wildman–Crippen MR) is 79.6 cm³/mol. The zero-order chi connectivity index (χ0) is 13.2. The molecule has 0 radical (unpaired) electrons. The fraction of sp³-hybridized carbons (Fsp3) is 0. The molecule has 0 aliphatic rings. The zero-order valence-corrected chi connectivity index (χ0v) is 11.7. The van der Waals surface area contributed by atoms with Gasteiger partial charge in [-0.15, -0.1) is 34.0 Å². The van der Waals surface area contributed by atoms with Crippen LogP contribution in [0.4, 0.5) is 15.4 Å². The predicted octanol–water partition coefficient (Wildman–Crippen LogP) is 2.18. The van der Waals surface area contributed by atoms with Crippen molar-refractivity contribution in [1.82, 2.24) is 15.0 Å². The van der Waals surface area contributed by atoms with Crippen LogP contribution < -0.4 is 17.2 Å². The van der Waals surface area contributed by atoms with E-state index in [1.54, 1.807) is 18.6 Å². The summed E-state index contributed by atoms with van der Waals surface area (Å²) in [5.41, 5.74) is 15.6. The van der Waals surface area contributed by atoms with Crippen molar-refractivity contribution in [3.8, 4) is 0 Å². The first-order valence-corrected chi connectivity index (χ1v) is 7.27. The number of anilines is 3. The maximum atomic E-state index is 5.19. The van der Waals surface area contributed by atoms with Gasteiger partial charge in [0, 0.05) is 34.7 Å². The number of hydrogen-bond acceptors (Lipinski definition) is 9. The van der Waals surface area contributed by atoms with Gasteiger partial charge < -0.3 is 17.2 Å². The van der Waals surface area contributed by atoms with Crippen molar-refractivity contribution in [3.63, 3.8) is 0 Å². The summed E-state index contributed by atoms with van der Waals surface area (Å²) in [6, 6.07) is 0. The highest BCUT2D eigenvalue weighted by atomic mass is 32.1. The number of rotatable bonds is 0. The van der Waals surface area contributed by atoms with Crippen molar-refractivity contribution in [2.75, 3.05) is 17.2 Å². The molecule has 0 fully saturated rings. The van der Waals surface area contributed by atoms with Gasteiger partial charge in [0.1, 0.15) is 0 Å². The summed E-state index contributed by atoms with van der Waals surface area (Å²) >= 11 is 4.33. The Labute approximate surface area is 116 Å². The SMILES string of the molecule is Nc1nccs1.Nc1nccs1.Nc1nccs1. The molecule has 9 heteroatoms. The van der Waals surface area contributed by atoms with Crippen molar-refractivity contribution >= 4 is 49.4 Å². The van der Waals surface area contributed by atoms with Gasteiger partial charge in [-0.2, -0.15) is 0 Å². The lowest BCUT2D eigenvalue weighted by atomic mass is 11.0. The molecule has 0 bridgehead atoms. The highest BCUT2D eigenvalue weighted by molar-refractivity contribution is 7.13. The first-order valence-electron chi connectivity index (χ1n) is 4.63. The molecule has 18 heavy (non-hydrogen) atoms. The minimum atomic E-state index is 0.634. The highest BCUT2D eigenvalue weighted by Gasteiger charge is 1.77. The standard InChI is InChI=1S/3C3H4N2S/c3*4-3-5-1-2-6-3/h3*1-2H,(H2,4,5). The van der Waals surface area contributed by atoms with Crippen LogP contribution in [-0.2, 0) is 0 Å². The van der Waals surface area contributed by atoms with E-state index in [1.165, 1.54) is 34.0 Å². The van der Waals surface area contributed by atoms with Gasteiger partial charge in [-0.3, -0.25) is 0 Å². The van der Waals surface area contributed by atoms with Crippen LogP contribution in [-0.4, -0.2) is 15.0 Å². The summed E-state index contributed by atoms with van der Waals surface area (Å²) in [6.07, 6.45) is 5.04. The molecule has 0 atom stereocenters. The van der Waals surface area contributed by atoms with Crippen LogP contribution in [0.1, 0.15) is 0 Å². The number of nitrogens with two attached hydrogens (primary N) is 3. The van der Waals surface area contributed by atoms with Gasteiger partial charge >= 0.3 is 0 Å². The Morgan fingerprint density at radius 3 is 0.944 bits per heavy atom. The molecule has 3 aromatic rings. The molecule has 0 aliphatic carbocycles. The molecular formula is C9H12N6S3. The van der Waals surface area contributed by atoms with E-state index in [9.17, 15) is 0 Å². The van der Waals surface area contributed by atoms with E-state index in [4.69, 9.17) is 17.2 Å². The molecule has 6 nitrogen and oxygen atoms in total. The second kappa shape index (κ2) is 8.39. The van der Waals surface area contributed by atoms with Crippen molar-refractivity contribution in [1.29, 1.82) is 0 Å². The van der Waals surface area contributed by atoms with E-state index in [-0.39, 0.29) is 0 Å². The summed E-state index contributed by atoms with van der Waals surface area (Å²) in [5, 5.41) is 7.43. The maximum absolute atomic E-state index is 5.19. The van der Waals surface area contributed by atoms with E-state index in [2.05, 4.69) is 15.0 Å². The second-order valence-corrected chi connectivity index (χ2v) is 5.39. The molecule has 3 heterocycles. The van der Waals surface area contributed by atoms with E-state index in [0.29, 0.717) is 15.4 Å². The second-order valence-electron chi connectivity index (χ2n) is 2.61. The summed E-state index contributed by atoms with van der Waals surface area (Å²) in [5.74, 6) is 0. The summed E-state index contributed by atoms with van der Waals surface area (Å²) in [7, 11) is 0. The first-order chi connectivity index (χ1) is 8.68. The average molecular weight is 300 g/mol. The molecule has 6 N–H and O–H groups in total. The lowest BCUT2D eigenvalue weighted by Gasteiger charge is -1.67. The van der Waals surface area contributed by atoms with Crippen molar-refractivity contribution < 1.29 is 0 Å². The summed E-state index contributed by atoms with van der Waals surface area (Å²) in [4.78, 5) is 11.1. The highest BCUT2D eigenvalue weighted by Crippen LogP contribution is 2.03. The molecule has 0 aromatic carbocycles. The van der Waals surface area contributed by atoms with Gasteiger partial charge in [0.15, 0.2) is 15.4 Å². The van der Waals surface area contributed by atoms with Crippen LogP contribution in [0.25, 0.3) is 0 Å². The largest absolute Gasteiger partial charge is 0.375 e. The van der Waals surface area contributed by atoms with Gasteiger partial charge in [0.25, 0.3) is 0 Å². The Morgan fingerprint density at radius 2 is 0.889 bits per heavy atom. The van der Waals surface area contributed by atoms with Gasteiger partial charge in [-0.1, -0.05) is 0 Å². The molecule has 3 rings (SSSR count). The summed E-state index contributed by atoms with van der Waals surface area (Å²) < 4.78 is 0. The third kappa shape index (κ3) is 6.78. The first kappa shape index (κ1) is 14.4. The van der Waals surface area contributed by atoms with E-state index < -0.39 is 0 Å². The third-order valence-corrected chi connectivity index (χ3v) is 3.17. The number of aromatic nitrogens is 3. The van der Waals surface area contributed by atoms with Gasteiger partial charge in [-0.25, -0.2) is 15.0 Å². The van der Waals surface area contributed by atoms with Crippen LogP contribution >= 0.6 is 34.0 Å². The summed E-state index contributed by atoms with van der Waals surface area (Å²) in [6.45, 7) is 0. The van der Waals surface area contributed by atoms with Crippen LogP contribution in [0.15, 0.2) is 34.7 Å². The van der Waals surface area contributed by atoms with E-state index in [1.807, 2.05) is 16.1 Å². The van der Waals surface area contributed by atoms with Gasteiger partial charge in [-0.05, 0) is 0 Å². The molecule has 0 amide bonds. The Morgan fingerprint density at radius 1 is 0.611 bits per heavy atom. The quantitative estimate of drug-likeness (QED) is 0.586. The average Bonchev–Trinajstić information content (AvgIpc) is 3.05. The number of hydrogen-bond donors (Lipinski definition) is 3. The molecule has 0 saturated carbocycles. The molecular weight excluding hydrogens is 288 g/mol. The Balaban J connectivity index is 0.000000135. The molecule has 0 spiro atoms. The number of nitrogens with zero attached hydrogens (tertiary/aromatic N) is 3. The van der Waals surface area contributed by atoms with Crippen molar-refractivity contribution in [2.45, 2.75) is 0 Å². The third-order valence-electron chi connectivity index (χ3n) is 1.35. The van der Waals surface area contributed by atoms with Crippen LogP contribution in [0.2, 0.25) is 0 Å². The fourth-order valence-corrected chi connectivity index (χ4v) is 1.85. The monoisotopic (exact) mass is 300 g/mol. The lowest BCUT2D eigenvalue weighted by Crippen LogP contribution is -1.77. The lowest BCUT2D eigenvalue weighted by molar-refractivity contribution is 1.43. The molecule has 0 saturated heterocycles. The molecule has 0 aliphatic heterocycles. The van der Waals surface area contributed by atoms with Crippen LogP contribution in [0, 0.1) is 0 Å². The number of thiazole rings is 3. The fourth-order valence-electron chi connectivity index (χ4n) is 0.703. The van der Waals surface area contributed by atoms with Crippen molar-refractivity contribution in [3.05, 3.63) is 34.7 Å². The normalized spacial score (nSPS) is 8.67. The topological polar surface area (TPSA) is 117 Å². The molecule has 0 unspecified atom stereocenters. The Kier molecular flexibility index (Phi) is 6.69. The van der Waals surface area contributed by atoms with Gasteiger partial charge in [0.05, 0.1) is 0 Å². The number of nitrogen functional groups attached to an aromatic ring is 3. The minimum absolute atomic E-state index is 0.634. The van der Waals surface area contributed by atoms with E-state index in [0.717, 1.165) is 0 Å². The molecule has 3 aromatic heterocycles. The maximum Gasteiger partial charge on any atom is 0.179 e. The smallest absolute Gasteiger partial charge is 0.179 e. The van der Waals surface area contributed by atoms with Crippen molar-refractivity contribution in [2.24, 2.45) is 0 Å². The van der Waals surface area contributed by atoms with Crippen LogP contribution in [0.3, 0.4) is 0 Å². The Hall–Kier alpha value is -1.71. The Bertz CT molecular complexity index is 414. The minimum Gasteiger partial charge on any atom is -0.375 e. The molecule has 96 valence electrons.